The highest BCUT2D eigenvalue weighted by Crippen LogP contribution is 2.34. The average Bonchev–Trinajstić information content (AvgIpc) is 2.07. The molecule has 15 heavy (non-hydrogen) atoms. The molecule has 0 amide bonds. The lowest BCUT2D eigenvalue weighted by atomic mass is 9.92. The zero-order valence-corrected chi connectivity index (χ0v) is 9.06. The molecule has 1 heterocycles. The van der Waals surface area contributed by atoms with Crippen molar-refractivity contribution in [1.29, 1.82) is 0 Å². The quantitative estimate of drug-likeness (QED) is 0.655. The van der Waals surface area contributed by atoms with Gasteiger partial charge in [-0.15, -0.1) is 0 Å². The Morgan fingerprint density at radius 1 is 1.40 bits per heavy atom. The summed E-state index contributed by atoms with van der Waals surface area (Å²) in [6.07, 6.45) is 0.294. The van der Waals surface area contributed by atoms with Gasteiger partial charge in [0, 0.05) is 0 Å². The lowest BCUT2D eigenvalue weighted by molar-refractivity contribution is 0.0618. The topological polar surface area (TPSA) is 26.3 Å². The van der Waals surface area contributed by atoms with Crippen LogP contribution in [0.15, 0.2) is 12.1 Å². The normalized spacial score (nSPS) is 18.3. The monoisotopic (exact) mass is 208 g/mol. The van der Waals surface area contributed by atoms with Crippen molar-refractivity contribution in [3.63, 3.8) is 0 Å². The molecule has 1 aromatic rings. The average molecular weight is 208 g/mol. The Bertz CT molecular complexity index is 435. The molecule has 2 nitrogen and oxygen atoms in total. The maximum Gasteiger partial charge on any atom is 0.170 e. The number of ether oxygens (including phenoxy) is 1. The zero-order chi connectivity index (χ0) is 11.2. The molecular formula is C12H13FO2. The molecule has 3 heteroatoms. The number of ketones is 1. The van der Waals surface area contributed by atoms with E-state index < -0.39 is 5.60 Å². The smallest absolute Gasteiger partial charge is 0.170 e. The third kappa shape index (κ3) is 1.74. The van der Waals surface area contributed by atoms with Crippen molar-refractivity contribution < 1.29 is 13.9 Å². The van der Waals surface area contributed by atoms with Crippen molar-refractivity contribution >= 4 is 5.78 Å². The molecule has 80 valence electrons. The van der Waals surface area contributed by atoms with Crippen LogP contribution in [0.5, 0.6) is 5.75 Å². The van der Waals surface area contributed by atoms with E-state index in [1.54, 1.807) is 13.0 Å². The number of hydrogen-bond donors (Lipinski definition) is 0. The number of Topliss-reactive ketones (excluding diaryl/α,β-unsaturated/α-hetero) is 1. The van der Waals surface area contributed by atoms with Gasteiger partial charge in [0.2, 0.25) is 0 Å². The van der Waals surface area contributed by atoms with Crippen LogP contribution in [-0.2, 0) is 0 Å². The van der Waals surface area contributed by atoms with E-state index in [-0.39, 0.29) is 11.6 Å². The number of halogens is 1. The minimum absolute atomic E-state index is 0.0554. The second kappa shape index (κ2) is 3.05. The molecule has 0 aromatic heterocycles. The minimum Gasteiger partial charge on any atom is -0.487 e. The van der Waals surface area contributed by atoms with Gasteiger partial charge in [0.1, 0.15) is 17.2 Å². The van der Waals surface area contributed by atoms with Crippen molar-refractivity contribution in [3.8, 4) is 5.75 Å². The Morgan fingerprint density at radius 2 is 2.07 bits per heavy atom. The summed E-state index contributed by atoms with van der Waals surface area (Å²) in [5, 5.41) is 0. The van der Waals surface area contributed by atoms with Gasteiger partial charge in [-0.05, 0) is 38.5 Å². The van der Waals surface area contributed by atoms with E-state index >= 15 is 0 Å². The number of aryl methyl sites for hydroxylation is 1. The van der Waals surface area contributed by atoms with Crippen molar-refractivity contribution in [2.75, 3.05) is 0 Å². The molecule has 0 spiro atoms. The summed E-state index contributed by atoms with van der Waals surface area (Å²) in [7, 11) is 0. The predicted molar refractivity (Wildman–Crippen MR) is 54.8 cm³/mol. The van der Waals surface area contributed by atoms with Crippen molar-refractivity contribution in [2.45, 2.75) is 32.8 Å². The van der Waals surface area contributed by atoms with Crippen LogP contribution in [0.3, 0.4) is 0 Å². The highest BCUT2D eigenvalue weighted by atomic mass is 19.1. The van der Waals surface area contributed by atoms with Gasteiger partial charge in [0.05, 0.1) is 12.0 Å². The number of fused-ring (bicyclic) bond motifs is 1. The van der Waals surface area contributed by atoms with Gasteiger partial charge in [-0.1, -0.05) is 0 Å². The fourth-order valence-electron chi connectivity index (χ4n) is 1.77. The van der Waals surface area contributed by atoms with Crippen LogP contribution in [-0.4, -0.2) is 11.4 Å². The highest BCUT2D eigenvalue weighted by Gasteiger charge is 2.32. The van der Waals surface area contributed by atoms with E-state index in [0.717, 1.165) is 0 Å². The van der Waals surface area contributed by atoms with E-state index in [9.17, 15) is 9.18 Å². The summed E-state index contributed by atoms with van der Waals surface area (Å²) < 4.78 is 18.9. The van der Waals surface area contributed by atoms with Crippen LogP contribution in [0.1, 0.15) is 36.2 Å². The van der Waals surface area contributed by atoms with Gasteiger partial charge in [0.25, 0.3) is 0 Å². The fourth-order valence-corrected chi connectivity index (χ4v) is 1.77. The maximum atomic E-state index is 13.3. The minimum atomic E-state index is -0.492. The molecule has 0 bridgehead atoms. The summed E-state index contributed by atoms with van der Waals surface area (Å²) in [6.45, 7) is 5.37. The number of carbonyl (C=O) groups is 1. The van der Waals surface area contributed by atoms with Crippen LogP contribution in [0, 0.1) is 12.7 Å². The summed E-state index contributed by atoms with van der Waals surface area (Å²) in [5.74, 6) is 0.0840. The summed E-state index contributed by atoms with van der Waals surface area (Å²) in [5.41, 5.74) is 0.366. The lowest BCUT2D eigenvalue weighted by Gasteiger charge is -2.31. The molecule has 0 atom stereocenters. The molecule has 0 saturated heterocycles. The summed E-state index contributed by atoms with van der Waals surface area (Å²) in [4.78, 5) is 11.7. The zero-order valence-electron chi connectivity index (χ0n) is 9.06. The molecule has 0 radical (unpaired) electrons. The Hall–Kier alpha value is -1.38. The standard InChI is InChI=1S/C12H13FO2/c1-7-4-11-8(5-9(7)13)10(14)6-12(2,3)15-11/h4-5H,6H2,1-3H3. The third-order valence-electron chi connectivity index (χ3n) is 2.53. The van der Waals surface area contributed by atoms with Gasteiger partial charge >= 0.3 is 0 Å². The molecule has 1 aliphatic heterocycles. The predicted octanol–water partition coefficient (Wildman–Crippen LogP) is 2.88. The summed E-state index contributed by atoms with van der Waals surface area (Å²) in [6, 6.07) is 2.85. The van der Waals surface area contributed by atoms with Crippen LogP contribution in [0.2, 0.25) is 0 Å². The first-order chi connectivity index (χ1) is 6.89. The van der Waals surface area contributed by atoms with Gasteiger partial charge in [-0.25, -0.2) is 4.39 Å². The molecule has 1 aliphatic rings. The molecular weight excluding hydrogens is 195 g/mol. The molecule has 2 rings (SSSR count). The van der Waals surface area contributed by atoms with E-state index in [0.29, 0.717) is 23.3 Å². The number of carbonyl (C=O) groups excluding carboxylic acids is 1. The van der Waals surface area contributed by atoms with Crippen molar-refractivity contribution in [3.05, 3.63) is 29.1 Å². The number of rotatable bonds is 0. The Balaban J connectivity index is 2.56. The van der Waals surface area contributed by atoms with E-state index in [1.165, 1.54) is 6.07 Å². The largest absolute Gasteiger partial charge is 0.487 e. The van der Waals surface area contributed by atoms with Crippen molar-refractivity contribution in [2.24, 2.45) is 0 Å². The van der Waals surface area contributed by atoms with E-state index in [4.69, 9.17) is 4.74 Å². The van der Waals surface area contributed by atoms with Crippen LogP contribution in [0.25, 0.3) is 0 Å². The summed E-state index contributed by atoms with van der Waals surface area (Å²) >= 11 is 0. The highest BCUT2D eigenvalue weighted by molar-refractivity contribution is 6.00. The third-order valence-corrected chi connectivity index (χ3v) is 2.53. The first kappa shape index (κ1) is 10.1. The van der Waals surface area contributed by atoms with Gasteiger partial charge in [-0.3, -0.25) is 4.79 Å². The first-order valence-electron chi connectivity index (χ1n) is 4.91. The van der Waals surface area contributed by atoms with Crippen LogP contribution in [0.4, 0.5) is 4.39 Å². The maximum absolute atomic E-state index is 13.3. The second-order valence-corrected chi connectivity index (χ2v) is 4.56. The SMILES string of the molecule is Cc1cc2c(cc1F)C(=O)CC(C)(C)O2. The van der Waals surface area contributed by atoms with Gasteiger partial charge in [0.15, 0.2) is 5.78 Å². The van der Waals surface area contributed by atoms with E-state index in [2.05, 4.69) is 0 Å². The fraction of sp³-hybridized carbons (Fsp3) is 0.417. The Kier molecular flexibility index (Phi) is 2.07. The Labute approximate surface area is 88.1 Å². The van der Waals surface area contributed by atoms with Gasteiger partial charge < -0.3 is 4.74 Å². The number of hydrogen-bond acceptors (Lipinski definition) is 2. The van der Waals surface area contributed by atoms with E-state index in [1.807, 2.05) is 13.8 Å². The molecule has 1 aromatic carbocycles. The molecule has 0 aliphatic carbocycles. The molecule has 0 N–H and O–H groups in total. The van der Waals surface area contributed by atoms with Crippen LogP contribution < -0.4 is 4.74 Å². The van der Waals surface area contributed by atoms with Gasteiger partial charge in [-0.2, -0.15) is 0 Å². The Morgan fingerprint density at radius 3 is 2.73 bits per heavy atom. The first-order valence-corrected chi connectivity index (χ1v) is 4.91. The number of benzene rings is 1. The molecule has 0 fully saturated rings. The van der Waals surface area contributed by atoms with Crippen molar-refractivity contribution in [1.82, 2.24) is 0 Å². The lowest BCUT2D eigenvalue weighted by Crippen LogP contribution is -2.36. The second-order valence-electron chi connectivity index (χ2n) is 4.56. The molecule has 0 unspecified atom stereocenters. The van der Waals surface area contributed by atoms with Crippen LogP contribution >= 0.6 is 0 Å². The molecule has 0 saturated carbocycles.